The van der Waals surface area contributed by atoms with E-state index in [1.54, 1.807) is 6.07 Å². The van der Waals surface area contributed by atoms with Crippen LogP contribution < -0.4 is 11.1 Å². The van der Waals surface area contributed by atoms with Crippen LogP contribution >= 0.6 is 0 Å². The molecule has 1 heterocycles. The molecule has 0 bridgehead atoms. The molecule has 2 aromatic rings. The first kappa shape index (κ1) is 11.4. The molecule has 0 aliphatic rings. The first-order chi connectivity index (χ1) is 8.04. The minimum Gasteiger partial charge on any atom is -0.396 e. The Morgan fingerprint density at radius 3 is 2.65 bits per heavy atom. The van der Waals surface area contributed by atoms with Crippen LogP contribution in [0.25, 0.3) is 0 Å². The van der Waals surface area contributed by atoms with Gasteiger partial charge < -0.3 is 11.1 Å². The van der Waals surface area contributed by atoms with Crippen molar-refractivity contribution in [2.24, 2.45) is 0 Å². The summed E-state index contributed by atoms with van der Waals surface area (Å²) < 4.78 is 13.2. The maximum atomic E-state index is 13.2. The van der Waals surface area contributed by atoms with Crippen molar-refractivity contribution < 1.29 is 4.39 Å². The lowest BCUT2D eigenvalue weighted by Crippen LogP contribution is -2.00. The van der Waals surface area contributed by atoms with E-state index in [-0.39, 0.29) is 5.82 Å². The summed E-state index contributed by atoms with van der Waals surface area (Å²) in [5, 5.41) is 3.02. The zero-order valence-electron chi connectivity index (χ0n) is 9.79. The Labute approximate surface area is 99.5 Å². The SMILES string of the molecule is Cc1cc(F)cc(Nc2nc(C)ccc2N)c1. The molecule has 0 unspecified atom stereocenters. The normalized spacial score (nSPS) is 10.3. The number of rotatable bonds is 2. The first-order valence-corrected chi connectivity index (χ1v) is 5.32. The summed E-state index contributed by atoms with van der Waals surface area (Å²) in [6.07, 6.45) is 0. The topological polar surface area (TPSA) is 50.9 Å². The number of halogens is 1. The van der Waals surface area contributed by atoms with Gasteiger partial charge in [0.05, 0.1) is 5.69 Å². The smallest absolute Gasteiger partial charge is 0.153 e. The summed E-state index contributed by atoms with van der Waals surface area (Å²) in [6.45, 7) is 3.71. The van der Waals surface area contributed by atoms with Crippen molar-refractivity contribution in [3.63, 3.8) is 0 Å². The molecule has 0 aliphatic heterocycles. The third-order valence-corrected chi connectivity index (χ3v) is 2.37. The number of hydrogen-bond acceptors (Lipinski definition) is 3. The fourth-order valence-electron chi connectivity index (χ4n) is 1.61. The average molecular weight is 231 g/mol. The lowest BCUT2D eigenvalue weighted by Gasteiger charge is -2.09. The molecule has 0 saturated heterocycles. The van der Waals surface area contributed by atoms with E-state index < -0.39 is 0 Å². The van der Waals surface area contributed by atoms with E-state index >= 15 is 0 Å². The van der Waals surface area contributed by atoms with E-state index in [2.05, 4.69) is 10.3 Å². The summed E-state index contributed by atoms with van der Waals surface area (Å²) in [5.74, 6) is 0.272. The minimum atomic E-state index is -0.279. The van der Waals surface area contributed by atoms with Crippen LogP contribution in [-0.2, 0) is 0 Å². The van der Waals surface area contributed by atoms with Crippen LogP contribution in [-0.4, -0.2) is 4.98 Å². The number of pyridine rings is 1. The van der Waals surface area contributed by atoms with Crippen molar-refractivity contribution in [2.75, 3.05) is 11.1 Å². The third-order valence-electron chi connectivity index (χ3n) is 2.37. The Hall–Kier alpha value is -2.10. The number of aryl methyl sites for hydroxylation is 2. The lowest BCUT2D eigenvalue weighted by molar-refractivity contribution is 0.627. The summed E-state index contributed by atoms with van der Waals surface area (Å²) in [5.41, 5.74) is 8.68. The Balaban J connectivity index is 2.34. The summed E-state index contributed by atoms with van der Waals surface area (Å²) in [4.78, 5) is 4.27. The fraction of sp³-hybridized carbons (Fsp3) is 0.154. The van der Waals surface area contributed by atoms with Crippen molar-refractivity contribution in [1.29, 1.82) is 0 Å². The van der Waals surface area contributed by atoms with Crippen LogP contribution in [0.4, 0.5) is 21.6 Å². The number of nitrogen functional groups attached to an aromatic ring is 1. The number of nitrogens with one attached hydrogen (secondary N) is 1. The number of aromatic nitrogens is 1. The van der Waals surface area contributed by atoms with E-state index in [4.69, 9.17) is 5.73 Å². The Morgan fingerprint density at radius 2 is 1.94 bits per heavy atom. The van der Waals surface area contributed by atoms with Crippen LogP contribution in [0.1, 0.15) is 11.3 Å². The molecule has 3 nitrogen and oxygen atoms in total. The van der Waals surface area contributed by atoms with Crippen molar-refractivity contribution in [1.82, 2.24) is 4.98 Å². The van der Waals surface area contributed by atoms with Gasteiger partial charge in [-0.25, -0.2) is 9.37 Å². The zero-order valence-corrected chi connectivity index (χ0v) is 9.79. The van der Waals surface area contributed by atoms with Gasteiger partial charge >= 0.3 is 0 Å². The first-order valence-electron chi connectivity index (χ1n) is 5.32. The number of nitrogens with zero attached hydrogens (tertiary/aromatic N) is 1. The predicted molar refractivity (Wildman–Crippen MR) is 67.8 cm³/mol. The summed E-state index contributed by atoms with van der Waals surface area (Å²) >= 11 is 0. The molecule has 17 heavy (non-hydrogen) atoms. The molecule has 3 N–H and O–H groups in total. The van der Waals surface area contributed by atoms with Gasteiger partial charge in [0.15, 0.2) is 5.82 Å². The number of benzene rings is 1. The molecule has 0 radical (unpaired) electrons. The highest BCUT2D eigenvalue weighted by atomic mass is 19.1. The van der Waals surface area contributed by atoms with E-state index in [1.807, 2.05) is 26.0 Å². The standard InChI is InChI=1S/C13H14FN3/c1-8-5-10(14)7-11(6-8)17-13-12(15)4-3-9(2)16-13/h3-7H,15H2,1-2H3,(H,16,17). The monoisotopic (exact) mass is 231 g/mol. The number of nitrogens with two attached hydrogens (primary N) is 1. The lowest BCUT2D eigenvalue weighted by atomic mass is 10.2. The van der Waals surface area contributed by atoms with Crippen molar-refractivity contribution >= 4 is 17.2 Å². The fourth-order valence-corrected chi connectivity index (χ4v) is 1.61. The Kier molecular flexibility index (Phi) is 2.95. The molecule has 88 valence electrons. The average Bonchev–Trinajstić information content (AvgIpc) is 2.22. The highest BCUT2D eigenvalue weighted by molar-refractivity contribution is 5.68. The summed E-state index contributed by atoms with van der Waals surface area (Å²) in [6, 6.07) is 8.33. The Bertz CT molecular complexity index is 532. The van der Waals surface area contributed by atoms with Crippen LogP contribution in [0.5, 0.6) is 0 Å². The molecule has 0 aliphatic carbocycles. The number of anilines is 3. The van der Waals surface area contributed by atoms with Gasteiger partial charge in [-0.05, 0) is 49.7 Å². The molecule has 4 heteroatoms. The van der Waals surface area contributed by atoms with Crippen LogP contribution in [0.3, 0.4) is 0 Å². The van der Waals surface area contributed by atoms with Gasteiger partial charge in [-0.3, -0.25) is 0 Å². The highest BCUT2D eigenvalue weighted by Gasteiger charge is 2.03. The molecule has 0 fully saturated rings. The molecular weight excluding hydrogens is 217 g/mol. The second kappa shape index (κ2) is 4.41. The van der Waals surface area contributed by atoms with E-state index in [1.165, 1.54) is 12.1 Å². The number of hydrogen-bond donors (Lipinski definition) is 2. The predicted octanol–water partition coefficient (Wildman–Crippen LogP) is 3.16. The van der Waals surface area contributed by atoms with Gasteiger partial charge in [-0.2, -0.15) is 0 Å². The maximum absolute atomic E-state index is 13.2. The van der Waals surface area contributed by atoms with Gasteiger partial charge in [-0.15, -0.1) is 0 Å². The van der Waals surface area contributed by atoms with E-state index in [0.717, 1.165) is 11.3 Å². The maximum Gasteiger partial charge on any atom is 0.153 e. The zero-order chi connectivity index (χ0) is 12.4. The minimum absolute atomic E-state index is 0.279. The van der Waals surface area contributed by atoms with Crippen LogP contribution in [0, 0.1) is 19.7 Å². The Morgan fingerprint density at radius 1 is 1.18 bits per heavy atom. The molecule has 2 rings (SSSR count). The van der Waals surface area contributed by atoms with Crippen molar-refractivity contribution in [2.45, 2.75) is 13.8 Å². The molecule has 1 aromatic carbocycles. The largest absolute Gasteiger partial charge is 0.396 e. The highest BCUT2D eigenvalue weighted by Crippen LogP contribution is 2.22. The molecule has 0 amide bonds. The van der Waals surface area contributed by atoms with Crippen LogP contribution in [0.2, 0.25) is 0 Å². The molecular formula is C13H14FN3. The quantitative estimate of drug-likeness (QED) is 0.834. The molecule has 0 spiro atoms. The van der Waals surface area contributed by atoms with Gasteiger partial charge in [0.25, 0.3) is 0 Å². The third kappa shape index (κ3) is 2.72. The molecule has 0 atom stereocenters. The summed E-state index contributed by atoms with van der Waals surface area (Å²) in [7, 11) is 0. The molecule has 1 aromatic heterocycles. The van der Waals surface area contributed by atoms with Gasteiger partial charge in [-0.1, -0.05) is 0 Å². The van der Waals surface area contributed by atoms with Crippen molar-refractivity contribution in [3.8, 4) is 0 Å². The van der Waals surface area contributed by atoms with Gasteiger partial charge in [0.1, 0.15) is 5.82 Å². The second-order valence-electron chi connectivity index (χ2n) is 4.03. The van der Waals surface area contributed by atoms with Gasteiger partial charge in [0.2, 0.25) is 0 Å². The van der Waals surface area contributed by atoms with Crippen molar-refractivity contribution in [3.05, 3.63) is 47.4 Å². The second-order valence-corrected chi connectivity index (χ2v) is 4.03. The van der Waals surface area contributed by atoms with Gasteiger partial charge in [0, 0.05) is 11.4 Å². The van der Waals surface area contributed by atoms with E-state index in [9.17, 15) is 4.39 Å². The van der Waals surface area contributed by atoms with E-state index in [0.29, 0.717) is 17.2 Å². The molecule has 0 saturated carbocycles. The van der Waals surface area contributed by atoms with Crippen LogP contribution in [0.15, 0.2) is 30.3 Å².